The van der Waals surface area contributed by atoms with Gasteiger partial charge in [-0.3, -0.25) is 0 Å². The SMILES string of the molecule is C=C(C)C[N+](C)(O)O.[Cl-]. The quantitative estimate of drug-likeness (QED) is 0.268. The van der Waals surface area contributed by atoms with Crippen LogP contribution in [0.25, 0.3) is 0 Å². The molecule has 4 heteroatoms. The summed E-state index contributed by atoms with van der Waals surface area (Å²) in [6.07, 6.45) is 0. The first kappa shape index (κ1) is 11.7. The Bertz CT molecular complexity index is 97.6. The van der Waals surface area contributed by atoms with Crippen LogP contribution in [0.5, 0.6) is 0 Å². The van der Waals surface area contributed by atoms with Crippen molar-refractivity contribution in [2.45, 2.75) is 6.92 Å². The van der Waals surface area contributed by atoms with E-state index in [0.717, 1.165) is 5.57 Å². The van der Waals surface area contributed by atoms with Crippen molar-refractivity contribution in [3.63, 3.8) is 0 Å². The van der Waals surface area contributed by atoms with E-state index in [2.05, 4.69) is 6.58 Å². The van der Waals surface area contributed by atoms with Crippen LogP contribution < -0.4 is 12.4 Å². The highest BCUT2D eigenvalue weighted by atomic mass is 35.5. The second-order valence-electron chi connectivity index (χ2n) is 2.20. The molecule has 0 aromatic rings. The number of hydrogen-bond donors (Lipinski definition) is 2. The zero-order valence-corrected chi connectivity index (χ0v) is 6.39. The van der Waals surface area contributed by atoms with Crippen LogP contribution in [0.1, 0.15) is 6.92 Å². The summed E-state index contributed by atoms with van der Waals surface area (Å²) in [7, 11) is 1.27. The minimum absolute atomic E-state index is 0. The first-order valence-electron chi connectivity index (χ1n) is 2.37. The van der Waals surface area contributed by atoms with E-state index in [9.17, 15) is 0 Å². The van der Waals surface area contributed by atoms with Crippen LogP contribution in [-0.2, 0) is 0 Å². The van der Waals surface area contributed by atoms with E-state index >= 15 is 0 Å². The molecule has 0 saturated carbocycles. The van der Waals surface area contributed by atoms with Gasteiger partial charge in [-0.25, -0.2) is 0 Å². The van der Waals surface area contributed by atoms with E-state index in [0.29, 0.717) is 0 Å². The lowest BCUT2D eigenvalue weighted by molar-refractivity contribution is -1.23. The van der Waals surface area contributed by atoms with Crippen LogP contribution in [0.2, 0.25) is 0 Å². The Balaban J connectivity index is 0. The molecule has 9 heavy (non-hydrogen) atoms. The van der Waals surface area contributed by atoms with Crippen molar-refractivity contribution >= 4 is 0 Å². The summed E-state index contributed by atoms with van der Waals surface area (Å²) in [5.41, 5.74) is 0.748. The minimum Gasteiger partial charge on any atom is -1.00 e. The summed E-state index contributed by atoms with van der Waals surface area (Å²) in [6.45, 7) is 5.42. The van der Waals surface area contributed by atoms with Crippen LogP contribution in [0.4, 0.5) is 0 Å². The lowest BCUT2D eigenvalue weighted by atomic mass is 10.3. The van der Waals surface area contributed by atoms with Crippen molar-refractivity contribution in [3.05, 3.63) is 12.2 Å². The Morgan fingerprint density at radius 1 is 1.56 bits per heavy atom. The number of nitrogens with zero attached hydrogens (tertiary/aromatic N) is 1. The third-order valence-electron chi connectivity index (χ3n) is 0.569. The molecule has 0 aliphatic heterocycles. The molecule has 0 heterocycles. The van der Waals surface area contributed by atoms with Gasteiger partial charge in [-0.15, -0.1) is 0 Å². The van der Waals surface area contributed by atoms with Crippen molar-refractivity contribution < 1.29 is 27.6 Å². The average molecular weight is 154 g/mol. The maximum atomic E-state index is 8.62. The van der Waals surface area contributed by atoms with E-state index in [-0.39, 0.29) is 19.0 Å². The zero-order valence-electron chi connectivity index (χ0n) is 5.63. The van der Waals surface area contributed by atoms with Crippen molar-refractivity contribution in [2.75, 3.05) is 13.6 Å². The third kappa shape index (κ3) is 11.5. The highest BCUT2D eigenvalue weighted by molar-refractivity contribution is 4.86. The summed E-state index contributed by atoms with van der Waals surface area (Å²) in [5, 5.41) is 17.2. The molecule has 0 fully saturated rings. The van der Waals surface area contributed by atoms with Gasteiger partial charge in [0, 0.05) is 0 Å². The summed E-state index contributed by atoms with van der Waals surface area (Å²) in [4.78, 5) is -1.02. The molecule has 0 spiro atoms. The van der Waals surface area contributed by atoms with Gasteiger partial charge in [0.2, 0.25) is 0 Å². The lowest BCUT2D eigenvalue weighted by Crippen LogP contribution is -3.00. The molecule has 0 amide bonds. The van der Waals surface area contributed by atoms with Crippen LogP contribution in [0.3, 0.4) is 0 Å². The van der Waals surface area contributed by atoms with Gasteiger partial charge in [-0.05, 0) is 17.3 Å². The van der Waals surface area contributed by atoms with Crippen molar-refractivity contribution in [2.24, 2.45) is 0 Å². The predicted molar refractivity (Wildman–Crippen MR) is 29.4 cm³/mol. The first-order valence-corrected chi connectivity index (χ1v) is 2.37. The van der Waals surface area contributed by atoms with E-state index in [1.165, 1.54) is 7.05 Å². The molecule has 0 aliphatic rings. The standard InChI is InChI=1S/C5H12NO2.ClH/c1-5(2)4-6(3,7)8;/h7-8H,1,4H2,2-3H3;1H/q+1;/p-1. The van der Waals surface area contributed by atoms with Crippen LogP contribution in [0, 0.1) is 0 Å². The van der Waals surface area contributed by atoms with Crippen LogP contribution >= 0.6 is 0 Å². The fourth-order valence-corrected chi connectivity index (χ4v) is 0.511. The number of rotatable bonds is 2. The van der Waals surface area contributed by atoms with Crippen molar-refractivity contribution in [1.29, 1.82) is 0 Å². The topological polar surface area (TPSA) is 40.5 Å². The molecule has 0 aliphatic carbocycles. The molecule has 0 aromatic carbocycles. The maximum absolute atomic E-state index is 8.62. The summed E-state index contributed by atoms with van der Waals surface area (Å²) >= 11 is 0. The van der Waals surface area contributed by atoms with E-state index in [4.69, 9.17) is 10.4 Å². The largest absolute Gasteiger partial charge is 1.00 e. The monoisotopic (exact) mass is 153 g/mol. The number of quaternary nitrogens is 1. The zero-order chi connectivity index (χ0) is 6.78. The van der Waals surface area contributed by atoms with Crippen LogP contribution in [0.15, 0.2) is 12.2 Å². The number of halogens is 1. The Hall–Kier alpha value is -0.0900. The van der Waals surface area contributed by atoms with Gasteiger partial charge < -0.3 is 12.4 Å². The smallest absolute Gasteiger partial charge is 0.162 e. The highest BCUT2D eigenvalue weighted by Gasteiger charge is 2.12. The van der Waals surface area contributed by atoms with E-state index < -0.39 is 4.81 Å². The van der Waals surface area contributed by atoms with Crippen LogP contribution in [-0.4, -0.2) is 28.8 Å². The number of likely N-dealkylation sites (N-methyl/N-ethyl adjacent to an activating group) is 1. The molecule has 56 valence electrons. The predicted octanol–water partition coefficient (Wildman–Crippen LogP) is -2.21. The molecule has 0 saturated heterocycles. The van der Waals surface area contributed by atoms with Gasteiger partial charge in [0.1, 0.15) is 7.05 Å². The molecular formula is C5H12ClNO2. The van der Waals surface area contributed by atoms with Gasteiger partial charge in [0.25, 0.3) is 0 Å². The molecule has 0 rings (SSSR count). The summed E-state index contributed by atoms with van der Waals surface area (Å²) in [5.74, 6) is 0. The number of hydrogen-bond acceptors (Lipinski definition) is 2. The van der Waals surface area contributed by atoms with E-state index in [1.54, 1.807) is 6.92 Å². The molecule has 0 aromatic heterocycles. The van der Waals surface area contributed by atoms with Crippen molar-refractivity contribution in [3.8, 4) is 0 Å². The molecular weight excluding hydrogens is 142 g/mol. The second-order valence-corrected chi connectivity index (χ2v) is 2.20. The fourth-order valence-electron chi connectivity index (χ4n) is 0.511. The highest BCUT2D eigenvalue weighted by Crippen LogP contribution is 1.94. The Morgan fingerprint density at radius 3 is 1.89 bits per heavy atom. The lowest BCUT2D eigenvalue weighted by Gasteiger charge is -2.14. The summed E-state index contributed by atoms with van der Waals surface area (Å²) in [6, 6.07) is 0. The fraction of sp³-hybridized carbons (Fsp3) is 0.600. The second kappa shape index (κ2) is 3.85. The first-order chi connectivity index (χ1) is 3.42. The average Bonchev–Trinajstić information content (AvgIpc) is 1.21. The van der Waals surface area contributed by atoms with Gasteiger partial charge in [-0.1, -0.05) is 6.58 Å². The van der Waals surface area contributed by atoms with Gasteiger partial charge in [0.15, 0.2) is 6.54 Å². The summed E-state index contributed by atoms with van der Waals surface area (Å²) < 4.78 is 0. The molecule has 0 unspecified atom stereocenters. The Kier molecular flexibility index (Phi) is 4.99. The molecule has 0 radical (unpaired) electrons. The van der Waals surface area contributed by atoms with Gasteiger partial charge in [0.05, 0.1) is 0 Å². The molecule has 2 N–H and O–H groups in total. The molecule has 3 nitrogen and oxygen atoms in total. The molecule has 0 atom stereocenters. The van der Waals surface area contributed by atoms with Crippen molar-refractivity contribution in [1.82, 2.24) is 0 Å². The van der Waals surface area contributed by atoms with E-state index in [1.807, 2.05) is 0 Å². The van der Waals surface area contributed by atoms with Gasteiger partial charge >= 0.3 is 0 Å². The number of hydroxylamine groups is 4. The Morgan fingerprint density at radius 2 is 1.89 bits per heavy atom. The Labute approximate surface area is 61.1 Å². The normalized spacial score (nSPS) is 10.2. The maximum Gasteiger partial charge on any atom is 0.162 e. The molecule has 0 bridgehead atoms. The minimum atomic E-state index is -1.02. The third-order valence-corrected chi connectivity index (χ3v) is 0.569. The van der Waals surface area contributed by atoms with Gasteiger partial charge in [-0.2, -0.15) is 10.4 Å².